The van der Waals surface area contributed by atoms with Crippen LogP contribution in [0.15, 0.2) is 77.7 Å². The highest BCUT2D eigenvalue weighted by atomic mass is 35.5. The highest BCUT2D eigenvalue weighted by Crippen LogP contribution is 2.27. The third-order valence-electron chi connectivity index (χ3n) is 7.64. The van der Waals surface area contributed by atoms with Gasteiger partial charge in [-0.05, 0) is 74.2 Å². The van der Waals surface area contributed by atoms with Crippen LogP contribution in [0.3, 0.4) is 0 Å². The van der Waals surface area contributed by atoms with Crippen LogP contribution in [0, 0.1) is 12.7 Å². The lowest BCUT2D eigenvalue weighted by Gasteiger charge is -2.34. The van der Waals surface area contributed by atoms with E-state index in [2.05, 4.69) is 5.32 Å². The number of benzene rings is 3. The fourth-order valence-electron chi connectivity index (χ4n) is 5.25. The number of hydrogen-bond acceptors (Lipinski definition) is 4. The van der Waals surface area contributed by atoms with E-state index in [0.717, 1.165) is 54.1 Å². The van der Waals surface area contributed by atoms with Crippen LogP contribution in [0.4, 0.5) is 10.1 Å². The number of rotatable bonds is 11. The summed E-state index contributed by atoms with van der Waals surface area (Å²) in [5, 5.41) is 3.56. The fourth-order valence-corrected chi connectivity index (χ4v) is 6.86. The first-order valence-electron chi connectivity index (χ1n) is 14.3. The van der Waals surface area contributed by atoms with Crippen LogP contribution in [-0.2, 0) is 26.2 Å². The Balaban J connectivity index is 1.71. The van der Waals surface area contributed by atoms with Crippen molar-refractivity contribution in [2.24, 2.45) is 0 Å². The van der Waals surface area contributed by atoms with E-state index in [1.807, 2.05) is 13.8 Å². The summed E-state index contributed by atoms with van der Waals surface area (Å²) in [6, 6.07) is 17.5. The van der Waals surface area contributed by atoms with Crippen LogP contribution < -0.4 is 9.62 Å². The predicted molar refractivity (Wildman–Crippen MR) is 163 cm³/mol. The number of amides is 2. The monoisotopic (exact) mass is 613 g/mol. The lowest BCUT2D eigenvalue weighted by atomic mass is 9.95. The van der Waals surface area contributed by atoms with Crippen LogP contribution in [0.25, 0.3) is 0 Å². The lowest BCUT2D eigenvalue weighted by molar-refractivity contribution is -0.140. The standard InChI is InChI=1S/C32H37ClFN3O4S/c1-3-30(32(39)35-26-10-5-4-6-11-26)36(21-24-9-7-8-12-29(24)33)31(38)22-37(27-17-13-23(2)14-18-27)42(40,41)28-19-15-25(34)16-20-28/h7-9,12-20,26,30H,3-6,10-11,21-22H2,1-2H3,(H,35,39)/t30-/m0/s1. The van der Waals surface area contributed by atoms with E-state index in [9.17, 15) is 22.4 Å². The Hall–Kier alpha value is -3.43. The Morgan fingerprint density at radius 2 is 1.62 bits per heavy atom. The molecule has 2 amide bonds. The van der Waals surface area contributed by atoms with Gasteiger partial charge < -0.3 is 10.2 Å². The molecule has 1 aliphatic rings. The molecule has 7 nitrogen and oxygen atoms in total. The van der Waals surface area contributed by atoms with E-state index in [-0.39, 0.29) is 29.1 Å². The van der Waals surface area contributed by atoms with Gasteiger partial charge in [-0.1, -0.05) is 73.7 Å². The molecule has 0 saturated heterocycles. The molecular formula is C32H37ClFN3O4S. The van der Waals surface area contributed by atoms with Crippen molar-refractivity contribution in [2.75, 3.05) is 10.8 Å². The van der Waals surface area contributed by atoms with Crippen molar-refractivity contribution in [1.29, 1.82) is 0 Å². The van der Waals surface area contributed by atoms with Gasteiger partial charge in [0.25, 0.3) is 10.0 Å². The maximum Gasteiger partial charge on any atom is 0.264 e. The van der Waals surface area contributed by atoms with Gasteiger partial charge in [-0.25, -0.2) is 12.8 Å². The first-order chi connectivity index (χ1) is 20.1. The largest absolute Gasteiger partial charge is 0.352 e. The lowest BCUT2D eigenvalue weighted by Crippen LogP contribution is -2.54. The number of nitrogens with zero attached hydrogens (tertiary/aromatic N) is 2. The molecule has 0 aromatic heterocycles. The number of carbonyl (C=O) groups is 2. The SMILES string of the molecule is CC[C@@H](C(=O)NC1CCCCC1)N(Cc1ccccc1Cl)C(=O)CN(c1ccc(C)cc1)S(=O)(=O)c1ccc(F)cc1. The molecular weight excluding hydrogens is 577 g/mol. The predicted octanol–water partition coefficient (Wildman–Crippen LogP) is 6.24. The summed E-state index contributed by atoms with van der Waals surface area (Å²) in [7, 11) is -4.28. The highest BCUT2D eigenvalue weighted by Gasteiger charge is 2.34. The number of anilines is 1. The zero-order valence-corrected chi connectivity index (χ0v) is 25.5. The minimum Gasteiger partial charge on any atom is -0.352 e. The molecule has 1 fully saturated rings. The molecule has 3 aromatic carbocycles. The Bertz CT molecular complexity index is 1480. The molecule has 0 spiro atoms. The Morgan fingerprint density at radius 1 is 0.976 bits per heavy atom. The second kappa shape index (κ2) is 14.2. The molecule has 0 bridgehead atoms. The maximum absolute atomic E-state index is 14.2. The van der Waals surface area contributed by atoms with Gasteiger partial charge in [0.05, 0.1) is 10.6 Å². The van der Waals surface area contributed by atoms with Gasteiger partial charge in [-0.2, -0.15) is 0 Å². The maximum atomic E-state index is 14.2. The van der Waals surface area contributed by atoms with E-state index in [0.29, 0.717) is 17.0 Å². The van der Waals surface area contributed by atoms with Gasteiger partial charge >= 0.3 is 0 Å². The summed E-state index contributed by atoms with van der Waals surface area (Å²) in [6.45, 7) is 3.15. The summed E-state index contributed by atoms with van der Waals surface area (Å²) in [6.07, 6.45) is 5.31. The molecule has 0 radical (unpaired) electrons. The molecule has 1 aliphatic carbocycles. The van der Waals surface area contributed by atoms with E-state index in [4.69, 9.17) is 11.6 Å². The van der Waals surface area contributed by atoms with Gasteiger partial charge in [0.2, 0.25) is 11.8 Å². The van der Waals surface area contributed by atoms with Gasteiger partial charge in [-0.15, -0.1) is 0 Å². The van der Waals surface area contributed by atoms with Crippen LogP contribution in [0.1, 0.15) is 56.6 Å². The van der Waals surface area contributed by atoms with E-state index < -0.39 is 34.3 Å². The Kier molecular flexibility index (Phi) is 10.6. The summed E-state index contributed by atoms with van der Waals surface area (Å²) >= 11 is 6.46. The normalized spacial score (nSPS) is 14.7. The zero-order chi connectivity index (χ0) is 30.3. The average Bonchev–Trinajstić information content (AvgIpc) is 2.98. The highest BCUT2D eigenvalue weighted by molar-refractivity contribution is 7.92. The Labute approximate surface area is 252 Å². The number of aryl methyl sites for hydroxylation is 1. The van der Waals surface area contributed by atoms with Crippen molar-refractivity contribution in [3.8, 4) is 0 Å². The summed E-state index contributed by atoms with van der Waals surface area (Å²) < 4.78 is 42.4. The first kappa shape index (κ1) is 31.5. The van der Waals surface area contributed by atoms with Crippen LogP contribution in [-0.4, -0.2) is 43.8 Å². The number of hydrogen-bond donors (Lipinski definition) is 1. The van der Waals surface area contributed by atoms with E-state index in [1.54, 1.807) is 48.5 Å². The molecule has 3 aromatic rings. The molecule has 4 rings (SSSR count). The van der Waals surface area contributed by atoms with Gasteiger partial charge in [-0.3, -0.25) is 13.9 Å². The number of halogens is 2. The van der Waals surface area contributed by atoms with Crippen LogP contribution in [0.2, 0.25) is 5.02 Å². The van der Waals surface area contributed by atoms with Crippen molar-refractivity contribution in [2.45, 2.75) is 75.9 Å². The van der Waals surface area contributed by atoms with Crippen molar-refractivity contribution >= 4 is 39.1 Å². The first-order valence-corrected chi connectivity index (χ1v) is 16.1. The molecule has 0 unspecified atom stereocenters. The minimum absolute atomic E-state index is 0.0213. The van der Waals surface area contributed by atoms with E-state index >= 15 is 0 Å². The van der Waals surface area contributed by atoms with Crippen molar-refractivity contribution in [1.82, 2.24) is 10.2 Å². The summed E-state index contributed by atoms with van der Waals surface area (Å²) in [5.74, 6) is -1.41. The molecule has 1 atom stereocenters. The second-order valence-electron chi connectivity index (χ2n) is 10.7. The van der Waals surface area contributed by atoms with Crippen LogP contribution in [0.5, 0.6) is 0 Å². The smallest absolute Gasteiger partial charge is 0.264 e. The number of carbonyl (C=O) groups excluding carboxylic acids is 2. The number of nitrogens with one attached hydrogen (secondary N) is 1. The molecule has 10 heteroatoms. The minimum atomic E-state index is -4.28. The number of sulfonamides is 1. The molecule has 1 N–H and O–H groups in total. The quantitative estimate of drug-likeness (QED) is 0.277. The van der Waals surface area contributed by atoms with Crippen molar-refractivity contribution < 1.29 is 22.4 Å². The molecule has 0 aliphatic heterocycles. The molecule has 224 valence electrons. The van der Waals surface area contributed by atoms with Crippen molar-refractivity contribution in [3.63, 3.8) is 0 Å². The zero-order valence-electron chi connectivity index (χ0n) is 23.9. The van der Waals surface area contributed by atoms with Gasteiger partial charge in [0, 0.05) is 17.6 Å². The third kappa shape index (κ3) is 7.69. The Morgan fingerprint density at radius 3 is 2.24 bits per heavy atom. The van der Waals surface area contributed by atoms with Crippen molar-refractivity contribution in [3.05, 3.63) is 94.8 Å². The molecule has 1 saturated carbocycles. The van der Waals surface area contributed by atoms with E-state index in [1.165, 1.54) is 17.0 Å². The van der Waals surface area contributed by atoms with Gasteiger partial charge in [0.1, 0.15) is 18.4 Å². The third-order valence-corrected chi connectivity index (χ3v) is 9.80. The molecule has 0 heterocycles. The summed E-state index contributed by atoms with van der Waals surface area (Å²) in [5.41, 5.74) is 1.82. The molecule has 42 heavy (non-hydrogen) atoms. The average molecular weight is 614 g/mol. The van der Waals surface area contributed by atoms with Gasteiger partial charge in [0.15, 0.2) is 0 Å². The fraction of sp³-hybridized carbons (Fsp3) is 0.375. The topological polar surface area (TPSA) is 86.8 Å². The van der Waals surface area contributed by atoms with Crippen LogP contribution >= 0.6 is 11.6 Å². The summed E-state index contributed by atoms with van der Waals surface area (Å²) in [4.78, 5) is 29.0. The second-order valence-corrected chi connectivity index (χ2v) is 13.0.